The number of nitrogens with one attached hydrogen (secondary N) is 2. The van der Waals surface area contributed by atoms with Crippen LogP contribution in [0.5, 0.6) is 17.2 Å². The highest BCUT2D eigenvalue weighted by molar-refractivity contribution is 5.95. The molecule has 4 aliphatic rings. The molecular weight excluding hydrogens is 525 g/mol. The normalized spacial score (nSPS) is 23.1. The lowest BCUT2D eigenvalue weighted by atomic mass is 10.1. The quantitative estimate of drug-likeness (QED) is 0.458. The van der Waals surface area contributed by atoms with Crippen molar-refractivity contribution >= 4 is 17.6 Å². The second-order valence-electron chi connectivity index (χ2n) is 11.1. The monoisotopic (exact) mass is 557 g/mol. The van der Waals surface area contributed by atoms with Crippen LogP contribution in [0.15, 0.2) is 48.7 Å². The molecule has 2 amide bonds. The van der Waals surface area contributed by atoms with Crippen LogP contribution in [-0.4, -0.2) is 71.5 Å². The summed E-state index contributed by atoms with van der Waals surface area (Å²) in [6.45, 7) is 7.55. The summed E-state index contributed by atoms with van der Waals surface area (Å²) in [5.74, 6) is 1.90. The number of nitrogens with zero attached hydrogens (tertiary/aromatic N) is 3. The maximum atomic E-state index is 15.0. The van der Waals surface area contributed by atoms with Crippen LogP contribution in [0.25, 0.3) is 0 Å². The summed E-state index contributed by atoms with van der Waals surface area (Å²) in [6, 6.07) is 12.0. The number of aromatic nitrogens is 1. The number of halogens is 1. The Hall–Kier alpha value is -4.02. The molecular formula is C31H32FN5O4. The molecule has 10 heteroatoms. The van der Waals surface area contributed by atoms with Gasteiger partial charge >= 0.3 is 0 Å². The third kappa shape index (κ3) is 5.02. The number of amides is 2. The van der Waals surface area contributed by atoms with Crippen molar-refractivity contribution in [3.63, 3.8) is 0 Å². The molecule has 3 atom stereocenters. The van der Waals surface area contributed by atoms with Crippen LogP contribution in [0, 0.1) is 5.82 Å². The van der Waals surface area contributed by atoms with Crippen LogP contribution >= 0.6 is 0 Å². The first-order valence-electron chi connectivity index (χ1n) is 14.3. The van der Waals surface area contributed by atoms with Crippen molar-refractivity contribution in [1.29, 1.82) is 0 Å². The zero-order valence-corrected chi connectivity index (χ0v) is 22.9. The van der Waals surface area contributed by atoms with E-state index in [1.54, 1.807) is 24.4 Å². The lowest BCUT2D eigenvalue weighted by Gasteiger charge is -2.34. The number of likely N-dealkylation sites (N-methyl/N-ethyl adjacent to an activating group) is 1. The Labute approximate surface area is 237 Å². The van der Waals surface area contributed by atoms with Gasteiger partial charge in [0.2, 0.25) is 5.91 Å². The van der Waals surface area contributed by atoms with Crippen LogP contribution in [0.1, 0.15) is 46.3 Å². The fourth-order valence-electron chi connectivity index (χ4n) is 6.11. The van der Waals surface area contributed by atoms with Gasteiger partial charge < -0.3 is 25.0 Å². The van der Waals surface area contributed by atoms with Gasteiger partial charge in [-0.1, -0.05) is 13.0 Å². The first-order valence-corrected chi connectivity index (χ1v) is 14.3. The molecule has 4 heterocycles. The number of hydrogen-bond acceptors (Lipinski definition) is 7. The van der Waals surface area contributed by atoms with Crippen LogP contribution in [0.2, 0.25) is 0 Å². The summed E-state index contributed by atoms with van der Waals surface area (Å²) in [4.78, 5) is 33.6. The first-order chi connectivity index (χ1) is 20.0. The number of piperazine rings is 1. The van der Waals surface area contributed by atoms with Gasteiger partial charge in [-0.3, -0.25) is 14.5 Å². The van der Waals surface area contributed by atoms with E-state index in [2.05, 4.69) is 32.3 Å². The van der Waals surface area contributed by atoms with Gasteiger partial charge in [-0.05, 0) is 49.4 Å². The summed E-state index contributed by atoms with van der Waals surface area (Å²) in [6.07, 6.45) is 2.41. The Bertz CT molecular complexity index is 1520. The fraction of sp³-hybridized carbons (Fsp3) is 0.387. The van der Waals surface area contributed by atoms with Crippen LogP contribution in [0.3, 0.4) is 0 Å². The number of fused-ring (bicyclic) bond motifs is 4. The summed E-state index contributed by atoms with van der Waals surface area (Å²) in [7, 11) is 0. The van der Waals surface area contributed by atoms with E-state index in [0.29, 0.717) is 47.8 Å². The van der Waals surface area contributed by atoms with Crippen molar-refractivity contribution in [2.75, 3.05) is 38.0 Å². The number of carbonyl (C=O) groups is 2. The number of carbonyl (C=O) groups excluding carboxylic acids is 2. The summed E-state index contributed by atoms with van der Waals surface area (Å²) in [5.41, 5.74) is 2.76. The molecule has 2 aromatic carbocycles. The van der Waals surface area contributed by atoms with E-state index in [1.807, 2.05) is 18.2 Å². The topological polar surface area (TPSA) is 96.0 Å². The zero-order chi connectivity index (χ0) is 28.1. The highest BCUT2D eigenvalue weighted by Crippen LogP contribution is 2.54. The van der Waals surface area contributed by atoms with Crippen molar-refractivity contribution in [2.45, 2.75) is 44.4 Å². The number of benzene rings is 2. The highest BCUT2D eigenvalue weighted by atomic mass is 19.1. The maximum Gasteiger partial charge on any atom is 0.251 e. The average molecular weight is 558 g/mol. The molecule has 212 valence electrons. The molecule has 1 saturated heterocycles. The molecule has 3 aromatic rings. The molecule has 2 N–H and O–H groups in total. The van der Waals surface area contributed by atoms with Crippen LogP contribution in [0.4, 0.5) is 10.2 Å². The molecule has 3 unspecified atom stereocenters. The van der Waals surface area contributed by atoms with Gasteiger partial charge in [0.05, 0.1) is 12.0 Å². The van der Waals surface area contributed by atoms with Gasteiger partial charge in [0, 0.05) is 67.6 Å². The third-order valence-electron chi connectivity index (χ3n) is 8.58. The standard InChI is InChI=1S/C31H32FN5O4/c1-2-36-11-13-37(14-12-36)17-19-4-3-18(15-23(19)32)31(39)35-28-27-22-16-20(5-7-24(22)41-29(27)28)40-25-9-10-33-30-21(25)6-8-26(38)34-30/h3-5,7,9-10,15-16,27-29H,2,6,8,11-14,17H2,1H3,(H,35,39)(H,33,34,38). The van der Waals surface area contributed by atoms with E-state index < -0.39 is 0 Å². The van der Waals surface area contributed by atoms with Crippen molar-refractivity contribution in [3.05, 3.63) is 76.7 Å². The van der Waals surface area contributed by atoms with Crippen molar-refractivity contribution in [2.24, 2.45) is 0 Å². The molecule has 0 bridgehead atoms. The molecule has 41 heavy (non-hydrogen) atoms. The van der Waals surface area contributed by atoms with Crippen LogP contribution in [-0.2, 0) is 17.8 Å². The van der Waals surface area contributed by atoms with E-state index in [9.17, 15) is 14.0 Å². The van der Waals surface area contributed by atoms with Crippen molar-refractivity contribution in [1.82, 2.24) is 20.1 Å². The van der Waals surface area contributed by atoms with E-state index in [4.69, 9.17) is 9.47 Å². The lowest BCUT2D eigenvalue weighted by molar-refractivity contribution is -0.116. The van der Waals surface area contributed by atoms with Gasteiger partial charge in [0.15, 0.2) is 0 Å². The number of rotatable bonds is 7. The largest absolute Gasteiger partial charge is 0.487 e. The SMILES string of the molecule is CCN1CCN(Cc2ccc(C(=O)NC3C4Oc5ccc(Oc6ccnc7c6CCC(=O)N7)cc5C34)cc2F)CC1. The predicted octanol–water partition coefficient (Wildman–Crippen LogP) is 3.69. The van der Waals surface area contributed by atoms with E-state index >= 15 is 0 Å². The zero-order valence-electron chi connectivity index (χ0n) is 22.9. The Kier molecular flexibility index (Phi) is 6.59. The molecule has 0 radical (unpaired) electrons. The van der Waals surface area contributed by atoms with Crippen LogP contribution < -0.4 is 20.1 Å². The predicted molar refractivity (Wildman–Crippen MR) is 150 cm³/mol. The molecule has 1 aromatic heterocycles. The smallest absolute Gasteiger partial charge is 0.251 e. The molecule has 0 spiro atoms. The molecule has 7 rings (SSSR count). The Morgan fingerprint density at radius 1 is 1.12 bits per heavy atom. The Morgan fingerprint density at radius 3 is 2.76 bits per heavy atom. The van der Waals surface area contributed by atoms with Gasteiger partial charge in [-0.25, -0.2) is 9.37 Å². The maximum absolute atomic E-state index is 15.0. The van der Waals surface area contributed by atoms with E-state index in [-0.39, 0.29) is 35.7 Å². The fourth-order valence-corrected chi connectivity index (χ4v) is 6.11. The summed E-state index contributed by atoms with van der Waals surface area (Å²) in [5, 5.41) is 5.82. The minimum atomic E-state index is -0.354. The van der Waals surface area contributed by atoms with Gasteiger partial charge in [0.1, 0.15) is 35.0 Å². The van der Waals surface area contributed by atoms with Crippen molar-refractivity contribution in [3.8, 4) is 17.2 Å². The van der Waals surface area contributed by atoms with Gasteiger partial charge in [-0.2, -0.15) is 0 Å². The minimum absolute atomic E-state index is 0.00838. The Morgan fingerprint density at radius 2 is 1.95 bits per heavy atom. The molecule has 9 nitrogen and oxygen atoms in total. The van der Waals surface area contributed by atoms with Gasteiger partial charge in [0.25, 0.3) is 5.91 Å². The third-order valence-corrected chi connectivity index (χ3v) is 8.58. The summed E-state index contributed by atoms with van der Waals surface area (Å²) < 4.78 is 27.2. The first kappa shape index (κ1) is 25.9. The minimum Gasteiger partial charge on any atom is -0.487 e. The number of hydrogen-bond donors (Lipinski definition) is 2. The second kappa shape index (κ2) is 10.4. The molecule has 2 fully saturated rings. The molecule has 3 aliphatic heterocycles. The Balaban J connectivity index is 0.991. The second-order valence-corrected chi connectivity index (χ2v) is 11.1. The number of anilines is 1. The highest BCUT2D eigenvalue weighted by Gasteiger charge is 2.59. The van der Waals surface area contributed by atoms with E-state index in [1.165, 1.54) is 6.07 Å². The van der Waals surface area contributed by atoms with Crippen molar-refractivity contribution < 1.29 is 23.5 Å². The molecule has 1 saturated carbocycles. The summed E-state index contributed by atoms with van der Waals surface area (Å²) >= 11 is 0. The van der Waals surface area contributed by atoms with Gasteiger partial charge in [-0.15, -0.1) is 0 Å². The number of ether oxygens (including phenoxy) is 2. The average Bonchev–Trinajstić information content (AvgIpc) is 3.50. The lowest BCUT2D eigenvalue weighted by Crippen LogP contribution is -2.45. The molecule has 1 aliphatic carbocycles. The number of pyridine rings is 1. The van der Waals surface area contributed by atoms with E-state index in [0.717, 1.165) is 49.6 Å².